The minimum Gasteiger partial charge on any atom is -0.494 e. The fourth-order valence-electron chi connectivity index (χ4n) is 2.98. The lowest BCUT2D eigenvalue weighted by molar-refractivity contribution is 0.254. The van der Waals surface area contributed by atoms with E-state index in [0.717, 1.165) is 23.5 Å². The lowest BCUT2D eigenvalue weighted by Crippen LogP contribution is -2.42. The van der Waals surface area contributed by atoms with E-state index in [9.17, 15) is 8.42 Å². The smallest absolute Gasteiger partial charge is 0.191 e. The first-order valence-corrected chi connectivity index (χ1v) is 11.4. The Labute approximate surface area is 162 Å². The topological polar surface area (TPSA) is 89.0 Å². The van der Waals surface area contributed by atoms with Crippen molar-refractivity contribution in [1.82, 2.24) is 10.6 Å². The van der Waals surface area contributed by atoms with Crippen LogP contribution in [0, 0.1) is 0 Å². The molecule has 1 aromatic carbocycles. The number of benzene rings is 1. The first-order chi connectivity index (χ1) is 12.7. The SMILES string of the molecule is CCOc1cc2c(cc1CNC(=NC)NC(C)CCS(C)(=O)=O)OC(C)C2. The molecule has 0 aliphatic carbocycles. The zero-order chi connectivity index (χ0) is 20.0. The van der Waals surface area contributed by atoms with Gasteiger partial charge in [0.25, 0.3) is 0 Å². The van der Waals surface area contributed by atoms with Crippen LogP contribution < -0.4 is 20.1 Å². The van der Waals surface area contributed by atoms with Gasteiger partial charge in [-0.3, -0.25) is 4.99 Å². The Bertz CT molecular complexity index is 777. The molecule has 2 rings (SSSR count). The zero-order valence-corrected chi connectivity index (χ0v) is 17.6. The third kappa shape index (κ3) is 6.61. The number of hydrogen-bond donors (Lipinski definition) is 2. The molecule has 1 aliphatic heterocycles. The molecule has 152 valence electrons. The second-order valence-corrected chi connectivity index (χ2v) is 9.28. The number of ether oxygens (including phenoxy) is 2. The van der Waals surface area contributed by atoms with Crippen molar-refractivity contribution in [2.45, 2.75) is 52.3 Å². The molecule has 1 aromatic rings. The summed E-state index contributed by atoms with van der Waals surface area (Å²) in [6.45, 7) is 7.08. The van der Waals surface area contributed by atoms with Crippen molar-refractivity contribution in [2.24, 2.45) is 4.99 Å². The van der Waals surface area contributed by atoms with Crippen LogP contribution in [-0.2, 0) is 22.8 Å². The summed E-state index contributed by atoms with van der Waals surface area (Å²) in [5.41, 5.74) is 2.17. The molecule has 2 atom stereocenters. The second kappa shape index (κ2) is 9.30. The van der Waals surface area contributed by atoms with Crippen LogP contribution in [0.15, 0.2) is 17.1 Å². The number of nitrogens with zero attached hydrogens (tertiary/aromatic N) is 1. The largest absolute Gasteiger partial charge is 0.494 e. The van der Waals surface area contributed by atoms with E-state index in [1.165, 1.54) is 11.8 Å². The summed E-state index contributed by atoms with van der Waals surface area (Å²) in [5.74, 6) is 2.52. The Hall–Kier alpha value is -1.96. The maximum Gasteiger partial charge on any atom is 0.191 e. The van der Waals surface area contributed by atoms with E-state index in [0.29, 0.717) is 25.5 Å². The van der Waals surface area contributed by atoms with Crippen molar-refractivity contribution in [2.75, 3.05) is 25.7 Å². The predicted octanol–water partition coefficient (Wildman–Crippen LogP) is 1.90. The van der Waals surface area contributed by atoms with Crippen molar-refractivity contribution in [3.05, 3.63) is 23.3 Å². The molecule has 8 heteroatoms. The Morgan fingerprint density at radius 1 is 1.44 bits per heavy atom. The lowest BCUT2D eigenvalue weighted by atomic mass is 10.1. The number of sulfone groups is 1. The van der Waals surface area contributed by atoms with E-state index >= 15 is 0 Å². The molecule has 1 aliphatic rings. The molecule has 0 fully saturated rings. The molecule has 0 amide bonds. The van der Waals surface area contributed by atoms with E-state index in [1.807, 2.05) is 19.9 Å². The summed E-state index contributed by atoms with van der Waals surface area (Å²) in [4.78, 5) is 4.22. The third-order valence-corrected chi connectivity index (χ3v) is 5.33. The van der Waals surface area contributed by atoms with Crippen LogP contribution in [0.2, 0.25) is 0 Å². The van der Waals surface area contributed by atoms with Crippen molar-refractivity contribution in [3.8, 4) is 11.5 Å². The quantitative estimate of drug-likeness (QED) is 0.514. The van der Waals surface area contributed by atoms with Crippen LogP contribution in [-0.4, -0.2) is 52.2 Å². The minimum absolute atomic E-state index is 0.0125. The van der Waals surface area contributed by atoms with Crippen LogP contribution in [0.1, 0.15) is 38.3 Å². The average Bonchev–Trinajstić information content (AvgIpc) is 2.95. The van der Waals surface area contributed by atoms with Gasteiger partial charge in [0, 0.05) is 43.4 Å². The lowest BCUT2D eigenvalue weighted by Gasteiger charge is -2.19. The number of fused-ring (bicyclic) bond motifs is 1. The van der Waals surface area contributed by atoms with Crippen molar-refractivity contribution in [3.63, 3.8) is 0 Å². The van der Waals surface area contributed by atoms with Crippen LogP contribution in [0.5, 0.6) is 11.5 Å². The fourth-order valence-corrected chi connectivity index (χ4v) is 3.76. The number of rotatable bonds is 8. The summed E-state index contributed by atoms with van der Waals surface area (Å²) in [6.07, 6.45) is 2.85. The highest BCUT2D eigenvalue weighted by molar-refractivity contribution is 7.90. The van der Waals surface area contributed by atoms with Crippen LogP contribution >= 0.6 is 0 Å². The highest BCUT2D eigenvalue weighted by atomic mass is 32.2. The maximum absolute atomic E-state index is 11.3. The molecular formula is C19H31N3O4S. The Balaban J connectivity index is 2.00. The molecule has 0 aromatic heterocycles. The van der Waals surface area contributed by atoms with E-state index < -0.39 is 9.84 Å². The van der Waals surface area contributed by atoms with Gasteiger partial charge >= 0.3 is 0 Å². The number of guanidine groups is 1. The summed E-state index contributed by atoms with van der Waals surface area (Å²) < 4.78 is 34.3. The number of nitrogens with one attached hydrogen (secondary N) is 2. The van der Waals surface area contributed by atoms with Crippen molar-refractivity contribution in [1.29, 1.82) is 0 Å². The molecule has 27 heavy (non-hydrogen) atoms. The van der Waals surface area contributed by atoms with Gasteiger partial charge in [-0.25, -0.2) is 8.42 Å². The van der Waals surface area contributed by atoms with E-state index in [1.54, 1.807) is 7.05 Å². The van der Waals surface area contributed by atoms with Gasteiger partial charge in [0.2, 0.25) is 0 Å². The van der Waals surface area contributed by atoms with E-state index in [4.69, 9.17) is 9.47 Å². The first-order valence-electron chi connectivity index (χ1n) is 9.32. The molecule has 7 nitrogen and oxygen atoms in total. The average molecular weight is 398 g/mol. The van der Waals surface area contributed by atoms with Gasteiger partial charge in [-0.1, -0.05) is 0 Å². The fraction of sp³-hybridized carbons (Fsp3) is 0.632. The number of hydrogen-bond acceptors (Lipinski definition) is 5. The van der Waals surface area contributed by atoms with Gasteiger partial charge in [0.05, 0.1) is 12.4 Å². The maximum atomic E-state index is 11.3. The Morgan fingerprint density at radius 3 is 2.81 bits per heavy atom. The summed E-state index contributed by atoms with van der Waals surface area (Å²) in [5, 5.41) is 6.49. The molecule has 2 N–H and O–H groups in total. The minimum atomic E-state index is -2.97. The predicted molar refractivity (Wildman–Crippen MR) is 109 cm³/mol. The van der Waals surface area contributed by atoms with Gasteiger partial charge in [0.15, 0.2) is 5.96 Å². The van der Waals surface area contributed by atoms with Crippen LogP contribution in [0.4, 0.5) is 0 Å². The van der Waals surface area contributed by atoms with Crippen LogP contribution in [0.3, 0.4) is 0 Å². The van der Waals surface area contributed by atoms with Gasteiger partial charge in [-0.15, -0.1) is 0 Å². The van der Waals surface area contributed by atoms with Gasteiger partial charge in [-0.05, 0) is 39.3 Å². The third-order valence-electron chi connectivity index (χ3n) is 4.35. The standard InChI is InChI=1S/C19H31N3O4S/c1-6-25-17-10-15-9-14(3)26-18(15)11-16(17)12-21-19(20-4)22-13(2)7-8-27(5,23)24/h10-11,13-14H,6-9,12H2,1-5H3,(H2,20,21,22). The Kier molecular flexibility index (Phi) is 7.35. The summed E-state index contributed by atoms with van der Waals surface area (Å²) in [6, 6.07) is 4.07. The molecule has 0 saturated heterocycles. The molecule has 0 saturated carbocycles. The highest BCUT2D eigenvalue weighted by Gasteiger charge is 2.22. The van der Waals surface area contributed by atoms with Crippen molar-refractivity contribution >= 4 is 15.8 Å². The second-order valence-electron chi connectivity index (χ2n) is 7.02. The van der Waals surface area contributed by atoms with Gasteiger partial charge < -0.3 is 20.1 Å². The Morgan fingerprint density at radius 2 is 2.19 bits per heavy atom. The van der Waals surface area contributed by atoms with Gasteiger partial charge in [0.1, 0.15) is 27.4 Å². The first kappa shape index (κ1) is 21.3. The molecule has 1 heterocycles. The molecule has 0 bridgehead atoms. The monoisotopic (exact) mass is 397 g/mol. The number of aliphatic imine (C=N–C) groups is 1. The zero-order valence-electron chi connectivity index (χ0n) is 16.8. The molecule has 0 spiro atoms. The normalized spacial score (nSPS) is 17.8. The molecule has 0 radical (unpaired) electrons. The van der Waals surface area contributed by atoms with Gasteiger partial charge in [-0.2, -0.15) is 0 Å². The summed E-state index contributed by atoms with van der Waals surface area (Å²) >= 11 is 0. The summed E-state index contributed by atoms with van der Waals surface area (Å²) in [7, 11) is -1.28. The highest BCUT2D eigenvalue weighted by Crippen LogP contribution is 2.35. The van der Waals surface area contributed by atoms with E-state index in [-0.39, 0.29) is 17.9 Å². The molecular weight excluding hydrogens is 366 g/mol. The van der Waals surface area contributed by atoms with E-state index in [2.05, 4.69) is 28.6 Å². The molecule has 2 unspecified atom stereocenters. The van der Waals surface area contributed by atoms with Crippen LogP contribution in [0.25, 0.3) is 0 Å². The van der Waals surface area contributed by atoms with Crippen molar-refractivity contribution < 1.29 is 17.9 Å².